The second kappa shape index (κ2) is 10.4. The number of anilines is 1. The number of aliphatic hydroxyl groups is 1. The second-order valence-corrected chi connectivity index (χ2v) is 8.13. The van der Waals surface area contributed by atoms with Gasteiger partial charge in [-0.1, -0.05) is 60.1 Å². The summed E-state index contributed by atoms with van der Waals surface area (Å²) in [6.45, 7) is -0.212. The smallest absolute Gasteiger partial charge is 0.249 e. The molecule has 0 aromatic heterocycles. The molecule has 1 amide bonds. The maximum absolute atomic E-state index is 14.0. The number of nitrogens with one attached hydrogen (secondary N) is 1. The van der Waals surface area contributed by atoms with Gasteiger partial charge in [0.25, 0.3) is 0 Å². The van der Waals surface area contributed by atoms with Gasteiger partial charge in [-0.2, -0.15) is 5.10 Å². The van der Waals surface area contributed by atoms with Gasteiger partial charge >= 0.3 is 0 Å². The fraction of sp³-hybridized carbons (Fsp3) is 0.154. The summed E-state index contributed by atoms with van der Waals surface area (Å²) in [5, 5.41) is 19.5. The van der Waals surface area contributed by atoms with Gasteiger partial charge in [-0.25, -0.2) is 9.40 Å². The first-order valence-electron chi connectivity index (χ1n) is 10.6. The summed E-state index contributed by atoms with van der Waals surface area (Å²) in [4.78, 5) is 13.2. The van der Waals surface area contributed by atoms with Crippen molar-refractivity contribution in [2.45, 2.75) is 18.5 Å². The van der Waals surface area contributed by atoms with Crippen molar-refractivity contribution in [3.05, 3.63) is 113 Å². The summed E-state index contributed by atoms with van der Waals surface area (Å²) in [5.41, 5.74) is 2.87. The molecule has 1 heterocycles. The van der Waals surface area contributed by atoms with Gasteiger partial charge < -0.3 is 10.4 Å². The molecule has 0 saturated heterocycles. The van der Waals surface area contributed by atoms with Crippen LogP contribution in [0.4, 0.5) is 10.1 Å². The summed E-state index contributed by atoms with van der Waals surface area (Å²) >= 11 is 5.99. The average Bonchev–Trinajstić information content (AvgIpc) is 2.84. The minimum absolute atomic E-state index is 0.212. The van der Waals surface area contributed by atoms with Gasteiger partial charge in [-0.15, -0.1) is 0 Å². The molecule has 7 heteroatoms. The Hall–Kier alpha value is -3.48. The molecule has 5 nitrogen and oxygen atoms in total. The van der Waals surface area contributed by atoms with E-state index in [0.29, 0.717) is 22.8 Å². The largest absolute Gasteiger partial charge is 0.394 e. The molecule has 2 N–H and O–H groups in total. The molecule has 0 radical (unpaired) electrons. The molecule has 0 fully saturated rings. The minimum Gasteiger partial charge on any atom is -0.394 e. The monoisotopic (exact) mass is 463 g/mol. The van der Waals surface area contributed by atoms with E-state index in [2.05, 4.69) is 10.4 Å². The van der Waals surface area contributed by atoms with Crippen LogP contribution in [-0.4, -0.2) is 35.4 Å². The first kappa shape index (κ1) is 22.7. The minimum atomic E-state index is -0.812. The summed E-state index contributed by atoms with van der Waals surface area (Å²) in [7, 11) is 0. The fourth-order valence-corrected chi connectivity index (χ4v) is 3.76. The predicted octanol–water partition coefficient (Wildman–Crippen LogP) is 4.35. The highest BCUT2D eigenvalue weighted by atomic mass is 35.5. The summed E-state index contributed by atoms with van der Waals surface area (Å²) < 4.78 is 14.0. The van der Waals surface area contributed by atoms with E-state index in [1.54, 1.807) is 36.4 Å². The molecule has 1 aliphatic heterocycles. The molecule has 0 saturated carbocycles. The second-order valence-electron chi connectivity index (χ2n) is 7.70. The number of hydrogen-bond donors (Lipinski definition) is 2. The molecule has 1 unspecified atom stereocenters. The number of allylic oxidation sites excluding steroid dienone is 1. The van der Waals surface area contributed by atoms with E-state index in [0.717, 1.165) is 11.1 Å². The van der Waals surface area contributed by atoms with Gasteiger partial charge in [0.05, 0.1) is 24.0 Å². The van der Waals surface area contributed by atoms with Crippen LogP contribution in [-0.2, 0) is 11.2 Å². The molecule has 3 aromatic carbocycles. The van der Waals surface area contributed by atoms with E-state index < -0.39 is 17.9 Å². The zero-order chi connectivity index (χ0) is 23.2. The van der Waals surface area contributed by atoms with Crippen molar-refractivity contribution in [3.63, 3.8) is 0 Å². The molecule has 168 valence electrons. The number of halogens is 2. The standard InChI is InChI=1S/C26H23ClFN3O2/c27-20-11-9-19(10-12-20)24-13-14-25(31(30-24)23-8-4-7-21(28)16-23)26(33)29-22(17-32)15-18-5-2-1-3-6-18/h1-14,16,22,25,32H,15,17H2,(H,29,33)/t22-,25?/m0/s1. The summed E-state index contributed by atoms with van der Waals surface area (Å²) in [5.74, 6) is -0.772. The SMILES string of the molecule is O=C(N[C@H](CO)Cc1ccccc1)C1C=CC(c2ccc(Cl)cc2)=NN1c1cccc(F)c1. The Morgan fingerprint density at radius 2 is 1.85 bits per heavy atom. The number of nitrogens with zero attached hydrogens (tertiary/aromatic N) is 2. The van der Waals surface area contributed by atoms with E-state index in [1.165, 1.54) is 17.1 Å². The van der Waals surface area contributed by atoms with Crippen LogP contribution >= 0.6 is 11.6 Å². The number of hydrogen-bond acceptors (Lipinski definition) is 4. The van der Waals surface area contributed by atoms with E-state index in [1.807, 2.05) is 42.5 Å². The number of amides is 1. The predicted molar refractivity (Wildman–Crippen MR) is 129 cm³/mol. The van der Waals surface area contributed by atoms with E-state index in [-0.39, 0.29) is 12.5 Å². The molecule has 33 heavy (non-hydrogen) atoms. The highest BCUT2D eigenvalue weighted by Gasteiger charge is 2.29. The van der Waals surface area contributed by atoms with Gasteiger partial charge in [-0.05, 0) is 54.5 Å². The van der Waals surface area contributed by atoms with Crippen LogP contribution in [0.15, 0.2) is 96.1 Å². The molecule has 0 bridgehead atoms. The van der Waals surface area contributed by atoms with Crippen molar-refractivity contribution in [1.82, 2.24) is 5.32 Å². The molecule has 0 aliphatic carbocycles. The number of rotatable bonds is 7. The van der Waals surface area contributed by atoms with Crippen molar-refractivity contribution >= 4 is 28.9 Å². The fourth-order valence-electron chi connectivity index (χ4n) is 3.63. The number of aliphatic hydroxyl groups excluding tert-OH is 1. The lowest BCUT2D eigenvalue weighted by Crippen LogP contribution is -2.50. The van der Waals surface area contributed by atoms with Crippen LogP contribution in [0.2, 0.25) is 5.02 Å². The van der Waals surface area contributed by atoms with Crippen molar-refractivity contribution in [1.29, 1.82) is 0 Å². The van der Waals surface area contributed by atoms with E-state index in [9.17, 15) is 14.3 Å². The maximum Gasteiger partial charge on any atom is 0.249 e. The van der Waals surface area contributed by atoms with Crippen LogP contribution in [0.25, 0.3) is 0 Å². The van der Waals surface area contributed by atoms with Crippen molar-refractivity contribution in [2.24, 2.45) is 5.10 Å². The topological polar surface area (TPSA) is 64.9 Å². The van der Waals surface area contributed by atoms with Crippen LogP contribution in [0.3, 0.4) is 0 Å². The summed E-state index contributed by atoms with van der Waals surface area (Å²) in [6, 6.07) is 21.4. The van der Waals surface area contributed by atoms with Crippen molar-refractivity contribution in [2.75, 3.05) is 11.6 Å². The Morgan fingerprint density at radius 1 is 1.09 bits per heavy atom. The van der Waals surface area contributed by atoms with Gasteiger partial charge in [0, 0.05) is 10.6 Å². The van der Waals surface area contributed by atoms with Gasteiger partial charge in [0.15, 0.2) is 0 Å². The molecular formula is C26H23ClFN3O2. The van der Waals surface area contributed by atoms with Crippen LogP contribution in [0.1, 0.15) is 11.1 Å². The van der Waals surface area contributed by atoms with Gasteiger partial charge in [0.2, 0.25) is 5.91 Å². The number of carbonyl (C=O) groups is 1. The highest BCUT2D eigenvalue weighted by molar-refractivity contribution is 6.30. The van der Waals surface area contributed by atoms with Gasteiger partial charge in [0.1, 0.15) is 11.9 Å². The Bertz CT molecular complexity index is 1170. The first-order valence-corrected chi connectivity index (χ1v) is 10.9. The Balaban J connectivity index is 1.59. The molecule has 1 aliphatic rings. The highest BCUT2D eigenvalue weighted by Crippen LogP contribution is 2.24. The zero-order valence-electron chi connectivity index (χ0n) is 17.7. The molecule has 2 atom stereocenters. The van der Waals surface area contributed by atoms with Crippen LogP contribution in [0, 0.1) is 5.82 Å². The number of benzene rings is 3. The average molecular weight is 464 g/mol. The molecular weight excluding hydrogens is 441 g/mol. The third-order valence-electron chi connectivity index (χ3n) is 5.29. The maximum atomic E-state index is 14.0. The quantitative estimate of drug-likeness (QED) is 0.547. The molecule has 3 aromatic rings. The van der Waals surface area contributed by atoms with Crippen molar-refractivity contribution in [3.8, 4) is 0 Å². The molecule has 4 rings (SSSR count). The van der Waals surface area contributed by atoms with E-state index >= 15 is 0 Å². The Kier molecular flexibility index (Phi) is 7.17. The van der Waals surface area contributed by atoms with Crippen LogP contribution < -0.4 is 10.3 Å². The lowest BCUT2D eigenvalue weighted by Gasteiger charge is -2.31. The molecule has 0 spiro atoms. The Morgan fingerprint density at radius 3 is 2.55 bits per heavy atom. The van der Waals surface area contributed by atoms with Crippen molar-refractivity contribution < 1.29 is 14.3 Å². The Labute approximate surface area is 196 Å². The van der Waals surface area contributed by atoms with Crippen LogP contribution in [0.5, 0.6) is 0 Å². The third kappa shape index (κ3) is 5.66. The third-order valence-corrected chi connectivity index (χ3v) is 5.54. The van der Waals surface area contributed by atoms with Gasteiger partial charge in [-0.3, -0.25) is 4.79 Å². The zero-order valence-corrected chi connectivity index (χ0v) is 18.5. The normalized spacial score (nSPS) is 16.3. The first-order chi connectivity index (χ1) is 16.0. The number of hydrazone groups is 1. The lowest BCUT2D eigenvalue weighted by molar-refractivity contribution is -0.122. The lowest BCUT2D eigenvalue weighted by atomic mass is 10.0. The number of carbonyl (C=O) groups excluding carboxylic acids is 1. The summed E-state index contributed by atoms with van der Waals surface area (Å²) in [6.07, 6.45) is 3.96. The van der Waals surface area contributed by atoms with E-state index in [4.69, 9.17) is 11.6 Å².